The Bertz CT molecular complexity index is 1180. The molecule has 0 atom stereocenters. The van der Waals surface area contributed by atoms with Gasteiger partial charge in [-0.25, -0.2) is 0 Å². The predicted octanol–water partition coefficient (Wildman–Crippen LogP) is 6.11. The third-order valence-corrected chi connectivity index (χ3v) is 5.10. The molecule has 142 valence electrons. The monoisotopic (exact) mass is 399 g/mol. The lowest BCUT2D eigenvalue weighted by Crippen LogP contribution is -2.11. The van der Waals surface area contributed by atoms with Crippen LogP contribution < -0.4 is 0 Å². The van der Waals surface area contributed by atoms with E-state index in [1.54, 1.807) is 36.4 Å². The molecule has 3 nitrogen and oxygen atoms in total. The molecule has 0 aliphatic heterocycles. The summed E-state index contributed by atoms with van der Waals surface area (Å²) in [7, 11) is 0. The Hall–Kier alpha value is -3.43. The van der Waals surface area contributed by atoms with E-state index in [4.69, 9.17) is 11.6 Å². The molecule has 4 heteroatoms. The quantitative estimate of drug-likeness (QED) is 0.412. The second kappa shape index (κ2) is 7.90. The van der Waals surface area contributed by atoms with Gasteiger partial charge in [0, 0.05) is 21.8 Å². The van der Waals surface area contributed by atoms with E-state index in [0.29, 0.717) is 38.7 Å². The van der Waals surface area contributed by atoms with Crippen molar-refractivity contribution in [3.8, 4) is 11.3 Å². The fraction of sp³-hybridized carbons (Fsp3) is 0.0400. The zero-order valence-electron chi connectivity index (χ0n) is 15.8. The van der Waals surface area contributed by atoms with Gasteiger partial charge in [0.2, 0.25) is 0 Å². The van der Waals surface area contributed by atoms with Crippen LogP contribution in [-0.4, -0.2) is 16.6 Å². The van der Waals surface area contributed by atoms with Gasteiger partial charge in [-0.2, -0.15) is 0 Å². The summed E-state index contributed by atoms with van der Waals surface area (Å²) in [5.74, 6) is -0.400. The number of carbonyl (C=O) groups excluding carboxylic acids is 2. The summed E-state index contributed by atoms with van der Waals surface area (Å²) >= 11 is 5.98. The van der Waals surface area contributed by atoms with Gasteiger partial charge in [0.1, 0.15) is 0 Å². The largest absolute Gasteiger partial charge is 0.357 e. The highest BCUT2D eigenvalue weighted by molar-refractivity contribution is 6.31. The molecule has 0 aliphatic rings. The molecule has 0 saturated carbocycles. The van der Waals surface area contributed by atoms with E-state index in [0.717, 1.165) is 5.56 Å². The molecule has 0 spiro atoms. The highest BCUT2D eigenvalue weighted by atomic mass is 35.5. The summed E-state index contributed by atoms with van der Waals surface area (Å²) < 4.78 is 0. The molecule has 0 amide bonds. The lowest BCUT2D eigenvalue weighted by molar-refractivity contribution is 0.100. The van der Waals surface area contributed by atoms with E-state index in [2.05, 4.69) is 4.98 Å². The standard InChI is InChI=1S/C25H18ClNO2/c1-16-21(24(28)18-10-6-3-7-11-18)22(23(27-16)17-8-4-2-5-9-17)25(29)19-12-14-20(26)15-13-19/h2-15,27H,1H3. The first kappa shape index (κ1) is 18.9. The van der Waals surface area contributed by atoms with Crippen LogP contribution in [0, 0.1) is 6.92 Å². The summed E-state index contributed by atoms with van der Waals surface area (Å²) in [6.45, 7) is 1.82. The van der Waals surface area contributed by atoms with Crippen LogP contribution in [0.15, 0.2) is 84.9 Å². The third kappa shape index (κ3) is 3.65. The van der Waals surface area contributed by atoms with Crippen molar-refractivity contribution >= 4 is 23.2 Å². The molecule has 0 saturated heterocycles. The van der Waals surface area contributed by atoms with Crippen LogP contribution in [0.2, 0.25) is 5.02 Å². The fourth-order valence-electron chi connectivity index (χ4n) is 3.44. The van der Waals surface area contributed by atoms with Gasteiger partial charge in [-0.3, -0.25) is 9.59 Å². The maximum Gasteiger partial charge on any atom is 0.195 e. The minimum atomic E-state index is -0.218. The number of aryl methyl sites for hydroxylation is 1. The van der Waals surface area contributed by atoms with Crippen molar-refractivity contribution in [1.82, 2.24) is 4.98 Å². The van der Waals surface area contributed by atoms with Gasteiger partial charge in [0.15, 0.2) is 11.6 Å². The van der Waals surface area contributed by atoms with E-state index in [1.807, 2.05) is 55.5 Å². The van der Waals surface area contributed by atoms with Crippen molar-refractivity contribution in [2.24, 2.45) is 0 Å². The number of rotatable bonds is 5. The van der Waals surface area contributed by atoms with Crippen LogP contribution in [0.4, 0.5) is 0 Å². The first-order valence-corrected chi connectivity index (χ1v) is 9.62. The van der Waals surface area contributed by atoms with Crippen molar-refractivity contribution in [3.63, 3.8) is 0 Å². The Morgan fingerprint density at radius 3 is 1.83 bits per heavy atom. The van der Waals surface area contributed by atoms with E-state index in [9.17, 15) is 9.59 Å². The van der Waals surface area contributed by atoms with Crippen LogP contribution in [0.25, 0.3) is 11.3 Å². The lowest BCUT2D eigenvalue weighted by Gasteiger charge is -2.08. The number of benzene rings is 3. The number of aromatic nitrogens is 1. The smallest absolute Gasteiger partial charge is 0.195 e. The number of H-pyrrole nitrogens is 1. The minimum absolute atomic E-state index is 0.182. The maximum atomic E-state index is 13.5. The van der Waals surface area contributed by atoms with E-state index in [1.165, 1.54) is 0 Å². The lowest BCUT2D eigenvalue weighted by atomic mass is 9.92. The molecular weight excluding hydrogens is 382 g/mol. The molecule has 29 heavy (non-hydrogen) atoms. The number of carbonyl (C=O) groups is 2. The molecule has 1 heterocycles. The second-order valence-electron chi connectivity index (χ2n) is 6.77. The molecule has 0 bridgehead atoms. The highest BCUT2D eigenvalue weighted by Crippen LogP contribution is 2.32. The Balaban J connectivity index is 1.94. The summed E-state index contributed by atoms with van der Waals surface area (Å²) in [5.41, 5.74) is 3.95. The Morgan fingerprint density at radius 2 is 1.21 bits per heavy atom. The van der Waals surface area contributed by atoms with Crippen molar-refractivity contribution in [2.75, 3.05) is 0 Å². The molecule has 0 unspecified atom stereocenters. The molecule has 0 radical (unpaired) electrons. The zero-order chi connectivity index (χ0) is 20.4. The van der Waals surface area contributed by atoms with E-state index in [-0.39, 0.29) is 11.6 Å². The van der Waals surface area contributed by atoms with Crippen LogP contribution in [-0.2, 0) is 0 Å². The molecule has 0 aliphatic carbocycles. The average molecular weight is 400 g/mol. The molecule has 0 fully saturated rings. The fourth-order valence-corrected chi connectivity index (χ4v) is 3.56. The predicted molar refractivity (Wildman–Crippen MR) is 116 cm³/mol. The molecule has 1 aromatic heterocycles. The van der Waals surface area contributed by atoms with Crippen molar-refractivity contribution in [1.29, 1.82) is 0 Å². The number of hydrogen-bond donors (Lipinski definition) is 1. The number of halogens is 1. The average Bonchev–Trinajstić information content (AvgIpc) is 3.11. The summed E-state index contributed by atoms with van der Waals surface area (Å²) in [6.07, 6.45) is 0. The summed E-state index contributed by atoms with van der Waals surface area (Å²) in [5, 5.41) is 0.552. The molecule has 1 N–H and O–H groups in total. The number of ketones is 2. The van der Waals surface area contributed by atoms with Gasteiger partial charge in [-0.15, -0.1) is 0 Å². The van der Waals surface area contributed by atoms with Crippen LogP contribution in [0.3, 0.4) is 0 Å². The summed E-state index contributed by atoms with van der Waals surface area (Å²) in [4.78, 5) is 30.1. The van der Waals surface area contributed by atoms with Crippen LogP contribution in [0.1, 0.15) is 37.5 Å². The second-order valence-corrected chi connectivity index (χ2v) is 7.21. The normalized spacial score (nSPS) is 10.7. The Kier molecular flexibility index (Phi) is 5.15. The molecule has 4 aromatic rings. The molecule has 3 aromatic carbocycles. The Morgan fingerprint density at radius 1 is 0.690 bits per heavy atom. The Labute approximate surface area is 174 Å². The first-order valence-electron chi connectivity index (χ1n) is 9.24. The van der Waals surface area contributed by atoms with Gasteiger partial charge in [-0.05, 0) is 36.8 Å². The van der Waals surface area contributed by atoms with Crippen molar-refractivity contribution in [2.45, 2.75) is 6.92 Å². The van der Waals surface area contributed by atoms with E-state index < -0.39 is 0 Å². The number of nitrogens with one attached hydrogen (secondary N) is 1. The third-order valence-electron chi connectivity index (χ3n) is 4.85. The van der Waals surface area contributed by atoms with Gasteiger partial charge in [0.05, 0.1) is 16.8 Å². The van der Waals surface area contributed by atoms with E-state index >= 15 is 0 Å². The van der Waals surface area contributed by atoms with Gasteiger partial charge < -0.3 is 4.98 Å². The van der Waals surface area contributed by atoms with Gasteiger partial charge in [-0.1, -0.05) is 72.3 Å². The van der Waals surface area contributed by atoms with Gasteiger partial charge in [0.25, 0.3) is 0 Å². The van der Waals surface area contributed by atoms with Crippen LogP contribution in [0.5, 0.6) is 0 Å². The summed E-state index contributed by atoms with van der Waals surface area (Å²) in [6, 6.07) is 25.3. The SMILES string of the molecule is Cc1[nH]c(-c2ccccc2)c(C(=O)c2ccc(Cl)cc2)c1C(=O)c1ccccc1. The van der Waals surface area contributed by atoms with Crippen molar-refractivity contribution in [3.05, 3.63) is 118 Å². The first-order chi connectivity index (χ1) is 14.1. The maximum absolute atomic E-state index is 13.5. The molecule has 4 rings (SSSR count). The zero-order valence-corrected chi connectivity index (χ0v) is 16.5. The van der Waals surface area contributed by atoms with Crippen LogP contribution >= 0.6 is 11.6 Å². The number of hydrogen-bond acceptors (Lipinski definition) is 2. The minimum Gasteiger partial charge on any atom is -0.357 e. The molecular formula is C25H18ClNO2. The highest BCUT2D eigenvalue weighted by Gasteiger charge is 2.28. The number of aromatic amines is 1. The van der Waals surface area contributed by atoms with Gasteiger partial charge >= 0.3 is 0 Å². The topological polar surface area (TPSA) is 49.9 Å². The van der Waals surface area contributed by atoms with Crippen molar-refractivity contribution < 1.29 is 9.59 Å².